The van der Waals surface area contributed by atoms with E-state index >= 15 is 0 Å². The molecule has 1 aliphatic rings. The minimum Gasteiger partial charge on any atom is -0.384 e. The van der Waals surface area contributed by atoms with Crippen LogP contribution in [0.2, 0.25) is 0 Å². The summed E-state index contributed by atoms with van der Waals surface area (Å²) >= 11 is 0. The maximum atomic E-state index is 13.3. The first-order valence-electron chi connectivity index (χ1n) is 6.82. The maximum Gasteiger partial charge on any atom is 0.252 e. The van der Waals surface area contributed by atoms with E-state index in [-0.39, 0.29) is 18.1 Å². The van der Waals surface area contributed by atoms with Crippen LogP contribution in [0.4, 0.5) is 4.39 Å². The molecule has 0 saturated heterocycles. The summed E-state index contributed by atoms with van der Waals surface area (Å²) in [6, 6.07) is 3.91. The molecule has 1 amide bonds. The van der Waals surface area contributed by atoms with Crippen LogP contribution in [0.15, 0.2) is 18.2 Å². The van der Waals surface area contributed by atoms with Crippen molar-refractivity contribution >= 4 is 5.91 Å². The van der Waals surface area contributed by atoms with Gasteiger partial charge in [0.25, 0.3) is 5.91 Å². The molecule has 0 aliphatic heterocycles. The summed E-state index contributed by atoms with van der Waals surface area (Å²) in [6.45, 7) is 1.73. The van der Waals surface area contributed by atoms with Gasteiger partial charge >= 0.3 is 0 Å². The van der Waals surface area contributed by atoms with Crippen molar-refractivity contribution in [2.75, 3.05) is 6.61 Å². The lowest BCUT2D eigenvalue weighted by atomic mass is 9.74. The normalized spacial score (nSPS) is 15.8. The Morgan fingerprint density at radius 1 is 1.50 bits per heavy atom. The van der Waals surface area contributed by atoms with Gasteiger partial charge in [-0.3, -0.25) is 4.79 Å². The lowest BCUT2D eigenvalue weighted by molar-refractivity contribution is 0.0820. The van der Waals surface area contributed by atoms with Crippen LogP contribution in [0, 0.1) is 17.7 Å². The molecule has 106 valence electrons. The predicted octanol–water partition coefficient (Wildman–Crippen LogP) is 2.23. The number of hydrogen-bond donors (Lipinski definition) is 2. The first-order chi connectivity index (χ1) is 9.60. The van der Waals surface area contributed by atoms with E-state index < -0.39 is 5.82 Å². The van der Waals surface area contributed by atoms with Crippen molar-refractivity contribution in [1.29, 1.82) is 0 Å². The molecule has 0 aromatic heterocycles. The van der Waals surface area contributed by atoms with Crippen molar-refractivity contribution in [2.24, 2.45) is 0 Å². The molecule has 2 rings (SSSR count). The highest BCUT2D eigenvalue weighted by atomic mass is 19.1. The number of carbonyl (C=O) groups is 1. The Morgan fingerprint density at radius 2 is 2.25 bits per heavy atom. The third kappa shape index (κ3) is 3.00. The summed E-state index contributed by atoms with van der Waals surface area (Å²) in [5, 5.41) is 11.8. The molecule has 20 heavy (non-hydrogen) atoms. The molecule has 4 heteroatoms. The summed E-state index contributed by atoms with van der Waals surface area (Å²) in [7, 11) is 0. The SMILES string of the molecule is CCC1(NC(=O)c2ccc(F)cc2C#CCO)CCC1. The smallest absolute Gasteiger partial charge is 0.252 e. The summed E-state index contributed by atoms with van der Waals surface area (Å²) in [5.41, 5.74) is 0.543. The molecule has 0 radical (unpaired) electrons. The van der Waals surface area contributed by atoms with Crippen molar-refractivity contribution in [1.82, 2.24) is 5.32 Å². The van der Waals surface area contributed by atoms with Gasteiger partial charge in [-0.2, -0.15) is 0 Å². The number of hydrogen-bond acceptors (Lipinski definition) is 2. The Kier molecular flexibility index (Phi) is 4.41. The summed E-state index contributed by atoms with van der Waals surface area (Å²) in [4.78, 5) is 12.3. The van der Waals surface area contributed by atoms with Gasteiger partial charge in [0.2, 0.25) is 0 Å². The van der Waals surface area contributed by atoms with Crippen LogP contribution in [0.25, 0.3) is 0 Å². The van der Waals surface area contributed by atoms with E-state index in [4.69, 9.17) is 5.11 Å². The largest absolute Gasteiger partial charge is 0.384 e. The third-order valence-corrected chi connectivity index (χ3v) is 3.89. The standard InChI is InChI=1S/C16H18FNO2/c1-2-16(8-4-9-16)18-15(20)14-7-6-13(17)11-12(14)5-3-10-19/h6-7,11,19H,2,4,8-10H2,1H3,(H,18,20). The number of rotatable bonds is 3. The number of benzene rings is 1. The second kappa shape index (κ2) is 6.06. The van der Waals surface area contributed by atoms with Crippen LogP contribution in [-0.2, 0) is 0 Å². The second-order valence-corrected chi connectivity index (χ2v) is 5.09. The van der Waals surface area contributed by atoms with E-state index in [1.165, 1.54) is 18.2 Å². The average molecular weight is 275 g/mol. The van der Waals surface area contributed by atoms with E-state index in [2.05, 4.69) is 24.1 Å². The van der Waals surface area contributed by atoms with E-state index in [1.54, 1.807) is 0 Å². The quantitative estimate of drug-likeness (QED) is 0.831. The van der Waals surface area contributed by atoms with Gasteiger partial charge in [0.1, 0.15) is 12.4 Å². The van der Waals surface area contributed by atoms with Crippen molar-refractivity contribution < 1.29 is 14.3 Å². The predicted molar refractivity (Wildman–Crippen MR) is 74.7 cm³/mol. The van der Waals surface area contributed by atoms with Gasteiger partial charge in [-0.25, -0.2) is 4.39 Å². The highest BCUT2D eigenvalue weighted by Crippen LogP contribution is 2.34. The van der Waals surface area contributed by atoms with Gasteiger partial charge in [0, 0.05) is 11.1 Å². The molecule has 0 unspecified atom stereocenters. The van der Waals surface area contributed by atoms with Crippen molar-refractivity contribution in [2.45, 2.75) is 38.1 Å². The number of nitrogens with one attached hydrogen (secondary N) is 1. The minimum atomic E-state index is -0.447. The van der Waals surface area contributed by atoms with Crippen molar-refractivity contribution in [3.63, 3.8) is 0 Å². The van der Waals surface area contributed by atoms with Gasteiger partial charge in [-0.1, -0.05) is 18.8 Å². The molecule has 0 bridgehead atoms. The molecule has 1 saturated carbocycles. The Balaban J connectivity index is 2.25. The van der Waals surface area contributed by atoms with Gasteiger partial charge in [-0.05, 0) is 43.9 Å². The third-order valence-electron chi connectivity index (χ3n) is 3.89. The van der Waals surface area contributed by atoms with E-state index in [9.17, 15) is 9.18 Å². The molecule has 2 N–H and O–H groups in total. The fourth-order valence-electron chi connectivity index (χ4n) is 2.43. The molecule has 0 spiro atoms. The fraction of sp³-hybridized carbons (Fsp3) is 0.438. The highest BCUT2D eigenvalue weighted by Gasteiger charge is 2.36. The number of aliphatic hydroxyl groups excluding tert-OH is 1. The van der Waals surface area contributed by atoms with Crippen LogP contribution < -0.4 is 5.32 Å². The van der Waals surface area contributed by atoms with Gasteiger partial charge in [-0.15, -0.1) is 0 Å². The van der Waals surface area contributed by atoms with Crippen LogP contribution in [0.3, 0.4) is 0 Å². The van der Waals surface area contributed by atoms with Crippen LogP contribution in [0.5, 0.6) is 0 Å². The zero-order valence-corrected chi connectivity index (χ0v) is 11.5. The number of amides is 1. The molecule has 1 aromatic rings. The van der Waals surface area contributed by atoms with Crippen molar-refractivity contribution in [3.05, 3.63) is 35.1 Å². The molecule has 1 fully saturated rings. The lowest BCUT2D eigenvalue weighted by Crippen LogP contribution is -2.53. The van der Waals surface area contributed by atoms with Crippen LogP contribution in [-0.4, -0.2) is 23.2 Å². The lowest BCUT2D eigenvalue weighted by Gasteiger charge is -2.42. The molecule has 1 aliphatic carbocycles. The first-order valence-corrected chi connectivity index (χ1v) is 6.82. The van der Waals surface area contributed by atoms with Gasteiger partial charge < -0.3 is 10.4 Å². The van der Waals surface area contributed by atoms with Crippen molar-refractivity contribution in [3.8, 4) is 11.8 Å². The second-order valence-electron chi connectivity index (χ2n) is 5.09. The summed E-state index contributed by atoms with van der Waals surface area (Å²) < 4.78 is 13.3. The molecular weight excluding hydrogens is 257 g/mol. The number of carbonyl (C=O) groups excluding carboxylic acids is 1. The van der Waals surface area contributed by atoms with E-state index in [0.29, 0.717) is 11.1 Å². The van der Waals surface area contributed by atoms with Gasteiger partial charge in [0.05, 0.1) is 5.56 Å². The molecular formula is C16H18FNO2. The first kappa shape index (κ1) is 14.5. The maximum absolute atomic E-state index is 13.3. The topological polar surface area (TPSA) is 49.3 Å². The minimum absolute atomic E-state index is 0.118. The van der Waals surface area contributed by atoms with Gasteiger partial charge in [0.15, 0.2) is 0 Å². The summed E-state index contributed by atoms with van der Waals surface area (Å²) in [6.07, 6.45) is 3.97. The van der Waals surface area contributed by atoms with Crippen LogP contribution in [0.1, 0.15) is 48.5 Å². The summed E-state index contributed by atoms with van der Waals surface area (Å²) in [5.74, 6) is 4.40. The number of aliphatic hydroxyl groups is 1. The number of halogens is 1. The van der Waals surface area contributed by atoms with Crippen LogP contribution >= 0.6 is 0 Å². The monoisotopic (exact) mass is 275 g/mol. The highest BCUT2D eigenvalue weighted by molar-refractivity contribution is 5.97. The average Bonchev–Trinajstić information content (AvgIpc) is 2.40. The Morgan fingerprint density at radius 3 is 2.80 bits per heavy atom. The Hall–Kier alpha value is -1.86. The Bertz CT molecular complexity index is 562. The van der Waals surface area contributed by atoms with E-state index in [1.807, 2.05) is 0 Å². The molecule has 1 aromatic carbocycles. The fourth-order valence-corrected chi connectivity index (χ4v) is 2.43. The zero-order chi connectivity index (χ0) is 14.6. The molecule has 0 atom stereocenters. The van der Waals surface area contributed by atoms with E-state index in [0.717, 1.165) is 25.7 Å². The molecule has 0 heterocycles. The Labute approximate surface area is 118 Å². The molecule has 3 nitrogen and oxygen atoms in total. The zero-order valence-electron chi connectivity index (χ0n) is 11.5.